The molecule has 0 heterocycles. The second kappa shape index (κ2) is 14.4. The van der Waals surface area contributed by atoms with Gasteiger partial charge in [-0.05, 0) is 149 Å². The average Bonchev–Trinajstić information content (AvgIpc) is 3.20. The van der Waals surface area contributed by atoms with E-state index >= 15 is 0 Å². The highest BCUT2D eigenvalue weighted by Gasteiger charge is 2.58. The molecule has 0 aromatic carbocycles. The predicted octanol–water partition coefficient (Wildman–Crippen LogP) is 12.5. The van der Waals surface area contributed by atoms with E-state index in [0.717, 1.165) is 29.6 Å². The van der Waals surface area contributed by atoms with Crippen molar-refractivity contribution < 1.29 is 4.18 Å². The summed E-state index contributed by atoms with van der Waals surface area (Å²) in [6.07, 6.45) is 24.5. The Morgan fingerprint density at radius 3 is 2.49 bits per heavy atom. The predicted molar refractivity (Wildman–Crippen MR) is 176 cm³/mol. The van der Waals surface area contributed by atoms with Gasteiger partial charge in [0.15, 0.2) is 0 Å². The smallest absolute Gasteiger partial charge is 0.113 e. The fourth-order valence-electron chi connectivity index (χ4n) is 8.47. The second-order valence-electron chi connectivity index (χ2n) is 11.9. The lowest BCUT2D eigenvalue weighted by Gasteiger charge is -2.58. The molecular weight excluding hydrogens is 693 g/mol. The number of hydrogen-bond donors (Lipinski definition) is 0. The monoisotopic (exact) mass is 744 g/mol. The maximum Gasteiger partial charge on any atom is 0.113 e. The Hall–Kier alpha value is 1.68. The summed E-state index contributed by atoms with van der Waals surface area (Å²) >= 11 is 6.74. The molecule has 3 saturated carbocycles. The molecule has 0 saturated heterocycles. The topological polar surface area (TPSA) is 9.23 Å². The van der Waals surface area contributed by atoms with Gasteiger partial charge in [0.1, 0.15) is 2.41 Å². The van der Waals surface area contributed by atoms with Crippen molar-refractivity contribution in [3.8, 4) is 0 Å². The Balaban J connectivity index is 0.00000167. The van der Waals surface area contributed by atoms with Crippen LogP contribution >= 0.6 is 58.2 Å². The molecule has 7 atom stereocenters. The Bertz CT molecular complexity index is 723. The fraction of sp³-hybridized carbons (Fsp3) is 0.867. The molecule has 0 aliphatic heterocycles. The number of allylic oxidation sites excluding steroid dienone is 3. The summed E-state index contributed by atoms with van der Waals surface area (Å²) < 4.78 is 6.15. The zero-order valence-electron chi connectivity index (χ0n) is 23.2. The molecule has 4 aliphatic carbocycles. The number of rotatable bonds is 9. The van der Waals surface area contributed by atoms with Crippen LogP contribution in [0.1, 0.15) is 119 Å². The maximum absolute atomic E-state index is 6.23. The van der Waals surface area contributed by atoms with E-state index in [1.807, 2.05) is 13.8 Å². The minimum atomic E-state index is -0.0876. The van der Waals surface area contributed by atoms with Crippen molar-refractivity contribution in [2.75, 3.05) is 0 Å². The van der Waals surface area contributed by atoms with Gasteiger partial charge in [-0.25, -0.2) is 0 Å². The standard InChI is InChI=1S/C28H45I2OPS.C2H6/c1-5-20(6-2)9-7-8-10-21-12-14-25-24-13-11-22-19-23(31-33-32(29)30)15-17-28(22,4)26(24)16-18-27(21,25)3;1-2/h7-8,11,20-21,23-26H,5-6,9-10,12-19H2,1-4H3;1-2H3/b8-7+;. The van der Waals surface area contributed by atoms with E-state index in [4.69, 9.17) is 4.18 Å². The van der Waals surface area contributed by atoms with Crippen molar-refractivity contribution >= 4 is 58.2 Å². The SMILES string of the molecule is CC.CCC(CC)C/C=C/CC1CCC2C3CC=C4CC(OSP(I)I)CCC4(C)C3CCC12C. The molecule has 0 aromatic rings. The molecule has 1 nitrogen and oxygen atoms in total. The fourth-order valence-corrected chi connectivity index (χ4v) is 11.1. The lowest BCUT2D eigenvalue weighted by atomic mass is 9.47. The van der Waals surface area contributed by atoms with E-state index in [2.05, 4.69) is 90.0 Å². The van der Waals surface area contributed by atoms with Crippen molar-refractivity contribution in [1.29, 1.82) is 0 Å². The highest BCUT2D eigenvalue weighted by molar-refractivity contribution is 14.3. The summed E-state index contributed by atoms with van der Waals surface area (Å²) in [5, 5.41) is 0. The molecule has 0 amide bonds. The summed E-state index contributed by atoms with van der Waals surface area (Å²) in [6, 6.07) is 0. The van der Waals surface area contributed by atoms with Crippen LogP contribution in [0.5, 0.6) is 0 Å². The summed E-state index contributed by atoms with van der Waals surface area (Å²) in [5.41, 5.74) is 2.78. The zero-order valence-corrected chi connectivity index (χ0v) is 29.2. The Morgan fingerprint density at radius 1 is 1.06 bits per heavy atom. The Labute approximate surface area is 249 Å². The van der Waals surface area contributed by atoms with Crippen LogP contribution in [0.15, 0.2) is 23.8 Å². The van der Waals surface area contributed by atoms with Crippen LogP contribution in [-0.4, -0.2) is 6.10 Å². The lowest BCUT2D eigenvalue weighted by Crippen LogP contribution is -2.50. The van der Waals surface area contributed by atoms with E-state index in [1.165, 1.54) is 77.0 Å². The molecule has 35 heavy (non-hydrogen) atoms. The largest absolute Gasteiger partial charge is 0.306 e. The quantitative estimate of drug-likeness (QED) is 0.101. The van der Waals surface area contributed by atoms with Gasteiger partial charge in [0.2, 0.25) is 0 Å². The highest BCUT2D eigenvalue weighted by atomic mass is 127. The number of halogens is 2. The van der Waals surface area contributed by atoms with Gasteiger partial charge < -0.3 is 4.18 Å². The molecule has 4 aliphatic rings. The molecule has 0 radical (unpaired) electrons. The van der Waals surface area contributed by atoms with E-state index in [1.54, 1.807) is 17.2 Å². The van der Waals surface area contributed by atoms with E-state index in [0.29, 0.717) is 16.9 Å². The van der Waals surface area contributed by atoms with Gasteiger partial charge in [-0.3, -0.25) is 0 Å². The number of hydrogen-bond acceptors (Lipinski definition) is 2. The zero-order chi connectivity index (χ0) is 25.6. The van der Waals surface area contributed by atoms with Gasteiger partial charge >= 0.3 is 0 Å². The van der Waals surface area contributed by atoms with E-state index in [-0.39, 0.29) is 2.41 Å². The summed E-state index contributed by atoms with van der Waals surface area (Å²) in [7, 11) is 0. The van der Waals surface area contributed by atoms with Gasteiger partial charge in [-0.15, -0.1) is 0 Å². The average molecular weight is 745 g/mol. The molecule has 0 spiro atoms. The summed E-state index contributed by atoms with van der Waals surface area (Å²) in [4.78, 5) is 0. The van der Waals surface area contributed by atoms with Crippen molar-refractivity contribution in [2.45, 2.75) is 125 Å². The Morgan fingerprint density at radius 2 is 1.80 bits per heavy atom. The van der Waals surface area contributed by atoms with Crippen LogP contribution in [-0.2, 0) is 4.18 Å². The molecule has 4 rings (SSSR count). The van der Waals surface area contributed by atoms with Gasteiger partial charge in [0, 0.05) is 11.7 Å². The first kappa shape index (κ1) is 31.2. The summed E-state index contributed by atoms with van der Waals surface area (Å²) in [5.74, 6) is 4.60. The Kier molecular flexibility index (Phi) is 12.8. The molecule has 0 N–H and O–H groups in total. The summed E-state index contributed by atoms with van der Waals surface area (Å²) in [6.45, 7) is 14.0. The van der Waals surface area contributed by atoms with E-state index < -0.39 is 0 Å². The molecule has 7 unspecified atom stereocenters. The van der Waals surface area contributed by atoms with Crippen LogP contribution < -0.4 is 0 Å². The van der Waals surface area contributed by atoms with Crippen LogP contribution in [0, 0.1) is 40.4 Å². The molecular formula is C30H51I2OPS. The van der Waals surface area contributed by atoms with Gasteiger partial charge in [0.25, 0.3) is 0 Å². The third kappa shape index (κ3) is 7.07. The molecule has 0 aromatic heterocycles. The second-order valence-corrected chi connectivity index (χ2v) is 29.5. The first-order valence-corrected chi connectivity index (χ1v) is 22.9. The van der Waals surface area contributed by atoms with Crippen LogP contribution in [0.3, 0.4) is 0 Å². The van der Waals surface area contributed by atoms with Crippen molar-refractivity contribution in [1.82, 2.24) is 0 Å². The van der Waals surface area contributed by atoms with Crippen LogP contribution in [0.4, 0.5) is 0 Å². The lowest BCUT2D eigenvalue weighted by molar-refractivity contribution is -0.0466. The molecule has 3 fully saturated rings. The number of fused-ring (bicyclic) bond motifs is 5. The van der Waals surface area contributed by atoms with Crippen molar-refractivity contribution in [2.24, 2.45) is 40.4 Å². The first-order chi connectivity index (χ1) is 16.8. The van der Waals surface area contributed by atoms with Crippen LogP contribution in [0.25, 0.3) is 0 Å². The molecule has 202 valence electrons. The third-order valence-electron chi connectivity index (χ3n) is 10.7. The maximum atomic E-state index is 6.23. The highest BCUT2D eigenvalue weighted by Crippen LogP contribution is 2.68. The normalized spacial score (nSPS) is 38.6. The third-order valence-corrected chi connectivity index (χ3v) is 14.7. The van der Waals surface area contributed by atoms with E-state index in [9.17, 15) is 0 Å². The van der Waals surface area contributed by atoms with Gasteiger partial charge in [0.05, 0.1) is 6.10 Å². The first-order valence-electron chi connectivity index (χ1n) is 14.6. The van der Waals surface area contributed by atoms with Gasteiger partial charge in [-0.1, -0.05) is 78.2 Å². The van der Waals surface area contributed by atoms with Crippen LogP contribution in [0.2, 0.25) is 0 Å². The minimum absolute atomic E-state index is 0.0876. The minimum Gasteiger partial charge on any atom is -0.306 e. The molecule has 5 heteroatoms. The molecule has 0 bridgehead atoms. The van der Waals surface area contributed by atoms with Gasteiger partial charge in [-0.2, -0.15) is 0 Å². The van der Waals surface area contributed by atoms with Crippen molar-refractivity contribution in [3.05, 3.63) is 23.8 Å². The van der Waals surface area contributed by atoms with Crippen molar-refractivity contribution in [3.63, 3.8) is 0 Å².